The third kappa shape index (κ3) is 3.62. The SMILES string of the molecule is O=C(Nc1ccc(N2CCOCC2)cc1)c1cc(-c2ccc3c(c2)OCO3)n[nH]1. The number of H-pyrrole nitrogens is 1. The van der Waals surface area contributed by atoms with Gasteiger partial charge in [-0.1, -0.05) is 0 Å². The molecule has 8 heteroatoms. The summed E-state index contributed by atoms with van der Waals surface area (Å²) in [6, 6.07) is 15.1. The van der Waals surface area contributed by atoms with Gasteiger partial charge in [0.25, 0.3) is 5.91 Å². The molecular weight excluding hydrogens is 372 g/mol. The highest BCUT2D eigenvalue weighted by atomic mass is 16.7. The molecule has 1 fully saturated rings. The van der Waals surface area contributed by atoms with Crippen LogP contribution in [0.1, 0.15) is 10.5 Å². The fourth-order valence-electron chi connectivity index (χ4n) is 3.42. The first-order chi connectivity index (χ1) is 14.3. The zero-order valence-electron chi connectivity index (χ0n) is 15.7. The summed E-state index contributed by atoms with van der Waals surface area (Å²) in [7, 11) is 0. The van der Waals surface area contributed by atoms with Gasteiger partial charge in [-0.05, 0) is 48.5 Å². The van der Waals surface area contributed by atoms with E-state index < -0.39 is 0 Å². The number of rotatable bonds is 4. The first-order valence-electron chi connectivity index (χ1n) is 9.46. The van der Waals surface area contributed by atoms with Crippen LogP contribution in [0.25, 0.3) is 11.3 Å². The number of fused-ring (bicyclic) bond motifs is 1. The summed E-state index contributed by atoms with van der Waals surface area (Å²) in [5.74, 6) is 1.14. The third-order valence-electron chi connectivity index (χ3n) is 4.99. The van der Waals surface area contributed by atoms with E-state index in [1.54, 1.807) is 6.07 Å². The summed E-state index contributed by atoms with van der Waals surface area (Å²) >= 11 is 0. The number of aromatic nitrogens is 2. The van der Waals surface area contributed by atoms with Gasteiger partial charge in [-0.25, -0.2) is 0 Å². The molecule has 0 bridgehead atoms. The second kappa shape index (κ2) is 7.48. The molecule has 1 saturated heterocycles. The van der Waals surface area contributed by atoms with E-state index in [0.29, 0.717) is 22.9 Å². The Labute approximate surface area is 167 Å². The number of ether oxygens (including phenoxy) is 3. The van der Waals surface area contributed by atoms with E-state index in [1.165, 1.54) is 0 Å². The number of hydrogen-bond acceptors (Lipinski definition) is 6. The predicted octanol–water partition coefficient (Wildman–Crippen LogP) is 2.89. The first kappa shape index (κ1) is 17.6. The lowest BCUT2D eigenvalue weighted by molar-refractivity contribution is 0.102. The second-order valence-electron chi connectivity index (χ2n) is 6.84. The molecule has 2 aliphatic heterocycles. The van der Waals surface area contributed by atoms with Crippen LogP contribution in [0.5, 0.6) is 11.5 Å². The number of nitrogens with zero attached hydrogens (tertiary/aromatic N) is 2. The zero-order valence-corrected chi connectivity index (χ0v) is 15.7. The number of aromatic amines is 1. The molecule has 2 N–H and O–H groups in total. The van der Waals surface area contributed by atoms with Gasteiger partial charge in [-0.2, -0.15) is 5.10 Å². The monoisotopic (exact) mass is 392 g/mol. The molecule has 3 aromatic rings. The van der Waals surface area contributed by atoms with Crippen LogP contribution in [0.15, 0.2) is 48.5 Å². The molecule has 0 unspecified atom stereocenters. The highest BCUT2D eigenvalue weighted by Crippen LogP contribution is 2.35. The minimum Gasteiger partial charge on any atom is -0.454 e. The van der Waals surface area contributed by atoms with Crippen LogP contribution >= 0.6 is 0 Å². The molecule has 0 spiro atoms. The number of benzene rings is 2. The van der Waals surface area contributed by atoms with E-state index in [9.17, 15) is 4.79 Å². The van der Waals surface area contributed by atoms with Crippen molar-refractivity contribution >= 4 is 17.3 Å². The van der Waals surface area contributed by atoms with Gasteiger partial charge in [0, 0.05) is 30.0 Å². The van der Waals surface area contributed by atoms with Gasteiger partial charge in [-0.15, -0.1) is 0 Å². The number of carbonyl (C=O) groups is 1. The summed E-state index contributed by atoms with van der Waals surface area (Å²) in [6.45, 7) is 3.45. The molecule has 0 aliphatic carbocycles. The molecule has 3 heterocycles. The Bertz CT molecular complexity index is 1030. The number of amides is 1. The fraction of sp³-hybridized carbons (Fsp3) is 0.238. The second-order valence-corrected chi connectivity index (χ2v) is 6.84. The van der Waals surface area contributed by atoms with Gasteiger partial charge >= 0.3 is 0 Å². The van der Waals surface area contributed by atoms with Crippen LogP contribution in [0, 0.1) is 0 Å². The molecule has 8 nitrogen and oxygen atoms in total. The van der Waals surface area contributed by atoms with E-state index in [2.05, 4.69) is 20.4 Å². The Morgan fingerprint density at radius 1 is 1.00 bits per heavy atom. The number of morpholine rings is 1. The maximum absolute atomic E-state index is 12.6. The van der Waals surface area contributed by atoms with E-state index in [-0.39, 0.29) is 12.7 Å². The lowest BCUT2D eigenvalue weighted by Crippen LogP contribution is -2.36. The number of hydrogen-bond donors (Lipinski definition) is 2. The van der Waals surface area contributed by atoms with Crippen molar-refractivity contribution in [1.82, 2.24) is 10.2 Å². The smallest absolute Gasteiger partial charge is 0.273 e. The van der Waals surface area contributed by atoms with Crippen molar-refractivity contribution in [1.29, 1.82) is 0 Å². The summed E-state index contributed by atoms with van der Waals surface area (Å²) in [5, 5.41) is 9.94. The predicted molar refractivity (Wildman–Crippen MR) is 108 cm³/mol. The van der Waals surface area contributed by atoms with Gasteiger partial charge in [0.05, 0.1) is 18.9 Å². The lowest BCUT2D eigenvalue weighted by atomic mass is 10.1. The Morgan fingerprint density at radius 3 is 2.62 bits per heavy atom. The lowest BCUT2D eigenvalue weighted by Gasteiger charge is -2.28. The van der Waals surface area contributed by atoms with Crippen LogP contribution in [0.3, 0.4) is 0 Å². The molecule has 2 aliphatic rings. The minimum atomic E-state index is -0.247. The maximum atomic E-state index is 12.6. The number of nitrogens with one attached hydrogen (secondary N) is 2. The fourth-order valence-corrected chi connectivity index (χ4v) is 3.42. The van der Waals surface area contributed by atoms with Crippen molar-refractivity contribution in [3.05, 3.63) is 54.2 Å². The molecule has 0 saturated carbocycles. The van der Waals surface area contributed by atoms with Gasteiger partial charge < -0.3 is 24.4 Å². The van der Waals surface area contributed by atoms with Gasteiger partial charge in [0.2, 0.25) is 6.79 Å². The maximum Gasteiger partial charge on any atom is 0.273 e. The van der Waals surface area contributed by atoms with Crippen LogP contribution < -0.4 is 19.7 Å². The van der Waals surface area contributed by atoms with Crippen molar-refractivity contribution in [3.8, 4) is 22.8 Å². The zero-order chi connectivity index (χ0) is 19.6. The van der Waals surface area contributed by atoms with E-state index >= 15 is 0 Å². The Balaban J connectivity index is 1.26. The normalized spacial score (nSPS) is 15.4. The summed E-state index contributed by atoms with van der Waals surface area (Å²) in [5.41, 5.74) is 3.75. The summed E-state index contributed by atoms with van der Waals surface area (Å²) in [6.07, 6.45) is 0. The van der Waals surface area contributed by atoms with Gasteiger partial charge in [0.15, 0.2) is 11.5 Å². The van der Waals surface area contributed by atoms with Crippen LogP contribution in [0.4, 0.5) is 11.4 Å². The van der Waals surface area contributed by atoms with E-state index in [4.69, 9.17) is 14.2 Å². The summed E-state index contributed by atoms with van der Waals surface area (Å²) in [4.78, 5) is 14.8. The molecule has 1 aromatic heterocycles. The quantitative estimate of drug-likeness (QED) is 0.710. The Hall–Kier alpha value is -3.52. The van der Waals surface area contributed by atoms with Crippen molar-refractivity contribution in [2.75, 3.05) is 43.3 Å². The largest absolute Gasteiger partial charge is 0.454 e. The highest BCUT2D eigenvalue weighted by molar-refractivity contribution is 6.03. The standard InChI is InChI=1S/C21H20N4O4/c26-21(22-15-2-4-16(5-3-15)25-7-9-27-10-8-25)18-12-17(23-24-18)14-1-6-19-20(11-14)29-13-28-19/h1-6,11-12H,7-10,13H2,(H,22,26)(H,23,24). The van der Waals surface area contributed by atoms with Gasteiger partial charge in [0.1, 0.15) is 5.69 Å². The molecule has 0 radical (unpaired) electrons. The van der Waals surface area contributed by atoms with Crippen LogP contribution in [0.2, 0.25) is 0 Å². The molecule has 2 aromatic carbocycles. The molecule has 29 heavy (non-hydrogen) atoms. The Kier molecular flexibility index (Phi) is 4.53. The molecule has 148 valence electrons. The van der Waals surface area contributed by atoms with Crippen molar-refractivity contribution in [2.24, 2.45) is 0 Å². The molecule has 5 rings (SSSR count). The average Bonchev–Trinajstić information content (AvgIpc) is 3.44. The Morgan fingerprint density at radius 2 is 1.79 bits per heavy atom. The average molecular weight is 392 g/mol. The van der Waals surface area contributed by atoms with Crippen molar-refractivity contribution in [2.45, 2.75) is 0 Å². The number of carbonyl (C=O) groups excluding carboxylic acids is 1. The van der Waals surface area contributed by atoms with Crippen LogP contribution in [-0.4, -0.2) is 49.2 Å². The van der Waals surface area contributed by atoms with E-state index in [0.717, 1.165) is 43.2 Å². The van der Waals surface area contributed by atoms with Crippen molar-refractivity contribution < 1.29 is 19.0 Å². The molecule has 0 atom stereocenters. The van der Waals surface area contributed by atoms with Gasteiger partial charge in [-0.3, -0.25) is 9.89 Å². The topological polar surface area (TPSA) is 88.7 Å². The number of anilines is 2. The third-order valence-corrected chi connectivity index (χ3v) is 4.99. The highest BCUT2D eigenvalue weighted by Gasteiger charge is 2.17. The first-order valence-corrected chi connectivity index (χ1v) is 9.46. The molecule has 1 amide bonds. The van der Waals surface area contributed by atoms with Crippen molar-refractivity contribution in [3.63, 3.8) is 0 Å². The summed E-state index contributed by atoms with van der Waals surface area (Å²) < 4.78 is 16.1. The minimum absolute atomic E-state index is 0.220. The van der Waals surface area contributed by atoms with E-state index in [1.807, 2.05) is 42.5 Å². The van der Waals surface area contributed by atoms with Crippen LogP contribution in [-0.2, 0) is 4.74 Å². The molecular formula is C21H20N4O4.